The molecule has 4 fully saturated rings. The average molecular weight is 527 g/mol. The number of ether oxygens (including phenoxy) is 2. The zero-order valence-corrected chi connectivity index (χ0v) is 23.0. The number of sulfonamides is 1. The van der Waals surface area contributed by atoms with Crippen LogP contribution in [0.25, 0.3) is 0 Å². The maximum atomic E-state index is 13.0. The number of anilines is 1. The molecule has 7 nitrogen and oxygen atoms in total. The van der Waals surface area contributed by atoms with Crippen molar-refractivity contribution >= 4 is 21.6 Å². The summed E-state index contributed by atoms with van der Waals surface area (Å²) in [6, 6.07) is 13.1. The first-order valence-corrected chi connectivity index (χ1v) is 15.0. The molecule has 0 spiro atoms. The molecule has 0 aliphatic heterocycles. The van der Waals surface area contributed by atoms with Crippen LogP contribution < -0.4 is 19.1 Å². The SMILES string of the molecule is COc1ccc([C@H](C)NC(=O)CN(c2ccc(C34CC5CC(CC(C5)C3)C4)cc2)S(C)(=O)=O)cc1OC. The van der Waals surface area contributed by atoms with Gasteiger partial charge in [0.1, 0.15) is 6.54 Å². The molecule has 0 saturated heterocycles. The van der Waals surface area contributed by atoms with Crippen LogP contribution in [-0.4, -0.2) is 41.3 Å². The molecule has 4 saturated carbocycles. The lowest BCUT2D eigenvalue weighted by Gasteiger charge is -2.57. The van der Waals surface area contributed by atoms with Gasteiger partial charge >= 0.3 is 0 Å². The number of nitrogens with zero attached hydrogens (tertiary/aromatic N) is 1. The van der Waals surface area contributed by atoms with E-state index >= 15 is 0 Å². The normalized spacial score (nSPS) is 27.0. The molecule has 4 aliphatic carbocycles. The van der Waals surface area contributed by atoms with Crippen molar-refractivity contribution in [3.05, 3.63) is 53.6 Å². The van der Waals surface area contributed by atoms with Gasteiger partial charge in [-0.2, -0.15) is 0 Å². The van der Waals surface area contributed by atoms with Crippen LogP contribution in [0.3, 0.4) is 0 Å². The summed E-state index contributed by atoms with van der Waals surface area (Å²) in [4.78, 5) is 13.0. The summed E-state index contributed by atoms with van der Waals surface area (Å²) in [5, 5.41) is 2.92. The number of carbonyl (C=O) groups is 1. The Morgan fingerprint density at radius 1 is 0.973 bits per heavy atom. The molecule has 200 valence electrons. The molecule has 4 bridgehead atoms. The van der Waals surface area contributed by atoms with Gasteiger partial charge in [0.05, 0.1) is 32.2 Å². The fourth-order valence-corrected chi connectivity index (χ4v) is 8.32. The predicted octanol–water partition coefficient (Wildman–Crippen LogP) is 4.82. The first-order chi connectivity index (χ1) is 17.6. The largest absolute Gasteiger partial charge is 0.493 e. The van der Waals surface area contributed by atoms with Crippen LogP contribution in [-0.2, 0) is 20.2 Å². The second-order valence-electron chi connectivity index (χ2n) is 11.4. The van der Waals surface area contributed by atoms with Crippen molar-refractivity contribution in [1.82, 2.24) is 5.32 Å². The average Bonchev–Trinajstić information content (AvgIpc) is 2.85. The van der Waals surface area contributed by atoms with Gasteiger partial charge in [0.25, 0.3) is 0 Å². The lowest BCUT2D eigenvalue weighted by molar-refractivity contribution is -0.120. The summed E-state index contributed by atoms with van der Waals surface area (Å²) >= 11 is 0. The Hall–Kier alpha value is -2.74. The number of amides is 1. The van der Waals surface area contributed by atoms with Crippen LogP contribution in [0.5, 0.6) is 11.5 Å². The second-order valence-corrected chi connectivity index (χ2v) is 13.3. The smallest absolute Gasteiger partial charge is 0.241 e. The summed E-state index contributed by atoms with van der Waals surface area (Å²) < 4.78 is 37.2. The van der Waals surface area contributed by atoms with Crippen LogP contribution >= 0.6 is 0 Å². The molecule has 0 aromatic heterocycles. The summed E-state index contributed by atoms with van der Waals surface area (Å²) in [5.41, 5.74) is 2.92. The second kappa shape index (κ2) is 9.86. The maximum absolute atomic E-state index is 13.0. The topological polar surface area (TPSA) is 84.9 Å². The van der Waals surface area contributed by atoms with Crippen molar-refractivity contribution in [2.75, 3.05) is 31.3 Å². The number of rotatable bonds is 9. The van der Waals surface area contributed by atoms with Gasteiger partial charge in [0.2, 0.25) is 15.9 Å². The third kappa shape index (κ3) is 5.17. The van der Waals surface area contributed by atoms with Crippen molar-refractivity contribution in [2.45, 2.75) is 56.9 Å². The van der Waals surface area contributed by atoms with Crippen LogP contribution in [0.15, 0.2) is 42.5 Å². The van der Waals surface area contributed by atoms with E-state index in [0.717, 1.165) is 29.6 Å². The van der Waals surface area contributed by atoms with Gasteiger partial charge in [0, 0.05) is 0 Å². The minimum absolute atomic E-state index is 0.245. The van der Waals surface area contributed by atoms with E-state index in [-0.39, 0.29) is 23.9 Å². The Bertz CT molecular complexity index is 1220. The molecule has 4 aliphatic rings. The number of carbonyl (C=O) groups excluding carboxylic acids is 1. The predicted molar refractivity (Wildman–Crippen MR) is 145 cm³/mol. The van der Waals surface area contributed by atoms with Crippen molar-refractivity contribution in [3.8, 4) is 11.5 Å². The van der Waals surface area contributed by atoms with Crippen molar-refractivity contribution in [3.63, 3.8) is 0 Å². The standard InChI is InChI=1S/C29H38N2O5S/c1-19(23-5-10-26(35-2)27(14-23)36-3)30-28(32)18-31(37(4,33)34)25-8-6-24(7-9-25)29-15-20-11-21(16-29)13-22(12-20)17-29/h5-10,14,19-22H,11-13,15-18H2,1-4H3,(H,30,32)/t19-,20?,21?,22?,29?/m0/s1. The molecular formula is C29H38N2O5S. The number of methoxy groups -OCH3 is 2. The lowest BCUT2D eigenvalue weighted by atomic mass is 9.48. The summed E-state index contributed by atoms with van der Waals surface area (Å²) in [7, 11) is -0.528. The van der Waals surface area contributed by atoms with Gasteiger partial charge in [-0.25, -0.2) is 8.42 Å². The van der Waals surface area contributed by atoms with Gasteiger partial charge in [-0.3, -0.25) is 9.10 Å². The minimum atomic E-state index is -3.65. The van der Waals surface area contributed by atoms with Crippen LogP contribution in [0, 0.1) is 17.8 Å². The van der Waals surface area contributed by atoms with Gasteiger partial charge in [-0.15, -0.1) is 0 Å². The quantitative estimate of drug-likeness (QED) is 0.507. The maximum Gasteiger partial charge on any atom is 0.241 e. The molecule has 2 aromatic rings. The summed E-state index contributed by atoms with van der Waals surface area (Å²) in [5.74, 6) is 3.32. The van der Waals surface area contributed by atoms with Gasteiger partial charge in [-0.05, 0) is 104 Å². The number of nitrogens with one attached hydrogen (secondary N) is 1. The van der Waals surface area contributed by atoms with E-state index in [1.165, 1.54) is 48.4 Å². The summed E-state index contributed by atoms with van der Waals surface area (Å²) in [6.45, 7) is 1.57. The van der Waals surface area contributed by atoms with Crippen molar-refractivity contribution in [2.24, 2.45) is 17.8 Å². The van der Waals surface area contributed by atoms with Crippen molar-refractivity contribution in [1.29, 1.82) is 0 Å². The highest BCUT2D eigenvalue weighted by atomic mass is 32.2. The monoisotopic (exact) mass is 526 g/mol. The number of benzene rings is 2. The Balaban J connectivity index is 1.30. The molecule has 1 amide bonds. The highest BCUT2D eigenvalue weighted by Gasteiger charge is 2.51. The molecule has 8 heteroatoms. The number of hydrogen-bond acceptors (Lipinski definition) is 5. The highest BCUT2D eigenvalue weighted by molar-refractivity contribution is 7.92. The zero-order valence-electron chi connectivity index (χ0n) is 22.2. The van der Waals surface area contributed by atoms with E-state index < -0.39 is 10.0 Å². The molecular weight excluding hydrogens is 488 g/mol. The van der Waals surface area contributed by atoms with E-state index in [9.17, 15) is 13.2 Å². The van der Waals surface area contributed by atoms with Crippen LogP contribution in [0.4, 0.5) is 5.69 Å². The zero-order chi connectivity index (χ0) is 26.4. The molecule has 6 rings (SSSR count). The highest BCUT2D eigenvalue weighted by Crippen LogP contribution is 2.60. The first-order valence-electron chi connectivity index (χ1n) is 13.2. The summed E-state index contributed by atoms with van der Waals surface area (Å²) in [6.07, 6.45) is 9.06. The van der Waals surface area contributed by atoms with Gasteiger partial charge in [-0.1, -0.05) is 18.2 Å². The van der Waals surface area contributed by atoms with Crippen LogP contribution in [0.2, 0.25) is 0 Å². The van der Waals surface area contributed by atoms with E-state index in [4.69, 9.17) is 9.47 Å². The van der Waals surface area contributed by atoms with E-state index in [1.54, 1.807) is 26.4 Å². The molecule has 1 atom stereocenters. The Labute approximate surface area is 220 Å². The van der Waals surface area contributed by atoms with Crippen LogP contribution in [0.1, 0.15) is 62.6 Å². The van der Waals surface area contributed by atoms with Gasteiger partial charge in [0.15, 0.2) is 11.5 Å². The van der Waals surface area contributed by atoms with E-state index in [0.29, 0.717) is 17.2 Å². The lowest BCUT2D eigenvalue weighted by Crippen LogP contribution is -2.48. The molecule has 0 radical (unpaired) electrons. The first kappa shape index (κ1) is 25.9. The van der Waals surface area contributed by atoms with E-state index in [1.807, 2.05) is 25.1 Å². The third-order valence-electron chi connectivity index (χ3n) is 8.78. The molecule has 0 unspecified atom stereocenters. The molecule has 2 aromatic carbocycles. The Morgan fingerprint density at radius 3 is 2.05 bits per heavy atom. The fraction of sp³-hybridized carbons (Fsp3) is 0.552. The van der Waals surface area contributed by atoms with Crippen molar-refractivity contribution < 1.29 is 22.7 Å². The Morgan fingerprint density at radius 2 is 1.54 bits per heavy atom. The number of hydrogen-bond donors (Lipinski definition) is 1. The Kier molecular flexibility index (Phi) is 6.90. The molecule has 1 N–H and O–H groups in total. The van der Waals surface area contributed by atoms with E-state index in [2.05, 4.69) is 17.4 Å². The fourth-order valence-electron chi connectivity index (χ4n) is 7.47. The molecule has 0 heterocycles. The third-order valence-corrected chi connectivity index (χ3v) is 9.92. The van der Waals surface area contributed by atoms with Gasteiger partial charge < -0.3 is 14.8 Å². The minimum Gasteiger partial charge on any atom is -0.493 e. The molecule has 37 heavy (non-hydrogen) atoms.